The summed E-state index contributed by atoms with van der Waals surface area (Å²) in [6.07, 6.45) is 32.0. The van der Waals surface area contributed by atoms with Crippen molar-refractivity contribution in [3.05, 3.63) is 0 Å². The Morgan fingerprint density at radius 2 is 0.593 bits per heavy atom. The van der Waals surface area contributed by atoms with E-state index in [1.54, 1.807) is 0 Å². The highest BCUT2D eigenvalue weighted by atomic mass is 31.2. The molecule has 0 aliphatic carbocycles. The van der Waals surface area contributed by atoms with Gasteiger partial charge in [0.05, 0.1) is 13.2 Å². The minimum Gasteiger partial charge on any atom is -0.456 e. The van der Waals surface area contributed by atoms with Gasteiger partial charge in [0.15, 0.2) is 12.2 Å². The first-order chi connectivity index (χ1) is 25.9. The standard InChI is InChI=1S/C40H80O12P2/c1-3-5-7-9-11-13-15-17-19-21-23-25-27-29-31-33-39(41)51-37(35-49-53(43,44)45)38(36-50-54(46,47)48)52-40(42)34-32-30-28-26-24-22-20-18-16-14-12-10-8-6-4-2/h37-38H,3-36H2,1-2H3,(H2,43,44,45)(H2,46,47,48)/t37-,38-/m0/s1. The van der Waals surface area contributed by atoms with E-state index in [9.17, 15) is 38.3 Å². The molecule has 0 aromatic carbocycles. The van der Waals surface area contributed by atoms with Gasteiger partial charge in [0.1, 0.15) is 0 Å². The Bertz CT molecular complexity index is 895. The maximum absolute atomic E-state index is 12.7. The first-order valence-corrected chi connectivity index (χ1v) is 24.7. The lowest BCUT2D eigenvalue weighted by atomic mass is 10.0. The summed E-state index contributed by atoms with van der Waals surface area (Å²) in [7, 11) is -10.0. The first kappa shape index (κ1) is 53.2. The SMILES string of the molecule is CCCCCCCCCCCCCCCCCC(=O)O[C@@H](COP(=O)(O)O)[C@H](COP(=O)(O)O)OC(=O)CCCCCCCCCCCCCCCCC. The van der Waals surface area contributed by atoms with Crippen LogP contribution in [0.2, 0.25) is 0 Å². The fourth-order valence-electron chi connectivity index (χ4n) is 6.51. The zero-order chi connectivity index (χ0) is 40.2. The second-order valence-corrected chi connectivity index (χ2v) is 17.5. The van der Waals surface area contributed by atoms with E-state index in [-0.39, 0.29) is 12.8 Å². The fourth-order valence-corrected chi connectivity index (χ4v) is 7.19. The van der Waals surface area contributed by atoms with E-state index < -0.39 is 53.0 Å². The van der Waals surface area contributed by atoms with Crippen LogP contribution in [0.4, 0.5) is 0 Å². The molecule has 0 amide bonds. The third-order valence-electron chi connectivity index (χ3n) is 9.76. The second kappa shape index (κ2) is 36.5. The predicted molar refractivity (Wildman–Crippen MR) is 215 cm³/mol. The van der Waals surface area contributed by atoms with Crippen LogP contribution in [-0.2, 0) is 37.2 Å². The molecule has 0 aliphatic rings. The largest absolute Gasteiger partial charge is 0.469 e. The van der Waals surface area contributed by atoms with Crippen molar-refractivity contribution in [1.29, 1.82) is 0 Å². The Morgan fingerprint density at radius 3 is 0.796 bits per heavy atom. The fraction of sp³-hybridized carbons (Fsp3) is 0.950. The van der Waals surface area contributed by atoms with E-state index in [1.807, 2.05) is 0 Å². The first-order valence-electron chi connectivity index (χ1n) is 21.7. The molecule has 0 saturated heterocycles. The molecule has 0 bridgehead atoms. The van der Waals surface area contributed by atoms with Gasteiger partial charge >= 0.3 is 27.6 Å². The lowest BCUT2D eigenvalue weighted by molar-refractivity contribution is -0.173. The summed E-state index contributed by atoms with van der Waals surface area (Å²) in [5.74, 6) is -1.41. The number of hydrogen-bond acceptors (Lipinski definition) is 8. The molecule has 0 rings (SSSR count). The Kier molecular flexibility index (Phi) is 35.9. The molecule has 0 radical (unpaired) electrons. The molecular weight excluding hydrogens is 734 g/mol. The van der Waals surface area contributed by atoms with Crippen LogP contribution in [0.5, 0.6) is 0 Å². The Balaban J connectivity index is 4.55. The number of ether oxygens (including phenoxy) is 2. The highest BCUT2D eigenvalue weighted by Crippen LogP contribution is 2.38. The monoisotopic (exact) mass is 815 g/mol. The summed E-state index contributed by atoms with van der Waals surface area (Å²) in [6, 6.07) is 0. The molecule has 0 spiro atoms. The summed E-state index contributed by atoms with van der Waals surface area (Å²) in [4.78, 5) is 62.5. The van der Waals surface area contributed by atoms with Crippen molar-refractivity contribution in [3.8, 4) is 0 Å². The van der Waals surface area contributed by atoms with Gasteiger partial charge in [-0.1, -0.05) is 194 Å². The van der Waals surface area contributed by atoms with Crippen LogP contribution < -0.4 is 0 Å². The molecule has 12 nitrogen and oxygen atoms in total. The number of hydrogen-bond donors (Lipinski definition) is 4. The zero-order valence-electron chi connectivity index (χ0n) is 34.1. The highest BCUT2D eigenvalue weighted by Gasteiger charge is 2.34. The smallest absolute Gasteiger partial charge is 0.456 e. The van der Waals surface area contributed by atoms with Crippen molar-refractivity contribution in [1.82, 2.24) is 0 Å². The maximum Gasteiger partial charge on any atom is 0.469 e. The van der Waals surface area contributed by atoms with Gasteiger partial charge in [-0.25, -0.2) is 9.13 Å². The van der Waals surface area contributed by atoms with Crippen molar-refractivity contribution >= 4 is 27.6 Å². The molecule has 0 aliphatic heterocycles. The van der Waals surface area contributed by atoms with Crippen LogP contribution in [0.1, 0.15) is 219 Å². The number of carbonyl (C=O) groups excluding carboxylic acids is 2. The van der Waals surface area contributed by atoms with Crippen LogP contribution in [0, 0.1) is 0 Å². The number of esters is 2. The number of carbonyl (C=O) groups is 2. The number of unbranched alkanes of at least 4 members (excludes halogenated alkanes) is 28. The molecule has 322 valence electrons. The molecule has 0 saturated carbocycles. The van der Waals surface area contributed by atoms with E-state index in [2.05, 4.69) is 22.9 Å². The van der Waals surface area contributed by atoms with Crippen molar-refractivity contribution in [2.45, 2.75) is 232 Å². The van der Waals surface area contributed by atoms with Crippen molar-refractivity contribution in [2.24, 2.45) is 0 Å². The number of phosphoric ester groups is 2. The molecule has 0 unspecified atom stereocenters. The third-order valence-corrected chi connectivity index (χ3v) is 10.7. The van der Waals surface area contributed by atoms with Gasteiger partial charge in [0.25, 0.3) is 0 Å². The molecule has 14 heteroatoms. The van der Waals surface area contributed by atoms with Gasteiger partial charge in [0.2, 0.25) is 0 Å². The summed E-state index contributed by atoms with van der Waals surface area (Å²) < 4.78 is 42.8. The quantitative estimate of drug-likeness (QED) is 0.0260. The van der Waals surface area contributed by atoms with Crippen LogP contribution in [-0.4, -0.2) is 56.9 Å². The van der Waals surface area contributed by atoms with Gasteiger partial charge in [-0.2, -0.15) is 0 Å². The zero-order valence-corrected chi connectivity index (χ0v) is 35.9. The molecule has 54 heavy (non-hydrogen) atoms. The molecule has 0 fully saturated rings. The van der Waals surface area contributed by atoms with E-state index in [4.69, 9.17) is 9.47 Å². The third kappa shape index (κ3) is 39.4. The Morgan fingerprint density at radius 1 is 0.389 bits per heavy atom. The van der Waals surface area contributed by atoms with E-state index in [1.165, 1.54) is 128 Å². The van der Waals surface area contributed by atoms with E-state index >= 15 is 0 Å². The molecule has 4 N–H and O–H groups in total. The maximum atomic E-state index is 12.7. The van der Waals surface area contributed by atoms with Crippen LogP contribution in [0.25, 0.3) is 0 Å². The van der Waals surface area contributed by atoms with Gasteiger partial charge in [-0.05, 0) is 12.8 Å². The Hall–Kier alpha value is -0.840. The molecule has 0 aromatic heterocycles. The van der Waals surface area contributed by atoms with Gasteiger partial charge in [0, 0.05) is 12.8 Å². The van der Waals surface area contributed by atoms with Gasteiger partial charge < -0.3 is 29.0 Å². The normalized spacial score (nSPS) is 13.2. The van der Waals surface area contributed by atoms with Crippen LogP contribution in [0.3, 0.4) is 0 Å². The minimum atomic E-state index is -5.01. The second-order valence-electron chi connectivity index (χ2n) is 15.0. The van der Waals surface area contributed by atoms with Crippen LogP contribution in [0.15, 0.2) is 0 Å². The average Bonchev–Trinajstić information content (AvgIpc) is 3.11. The molecule has 2 atom stereocenters. The topological polar surface area (TPSA) is 186 Å². The number of phosphoric acid groups is 2. The minimum absolute atomic E-state index is 0.0177. The lowest BCUT2D eigenvalue weighted by Crippen LogP contribution is -2.41. The summed E-state index contributed by atoms with van der Waals surface area (Å²) >= 11 is 0. The van der Waals surface area contributed by atoms with Crippen molar-refractivity contribution in [3.63, 3.8) is 0 Å². The van der Waals surface area contributed by atoms with Gasteiger partial charge in [-0.15, -0.1) is 0 Å². The van der Waals surface area contributed by atoms with Crippen LogP contribution >= 0.6 is 15.6 Å². The van der Waals surface area contributed by atoms with Crippen molar-refractivity contribution < 1.29 is 56.8 Å². The highest BCUT2D eigenvalue weighted by molar-refractivity contribution is 7.46. The van der Waals surface area contributed by atoms with E-state index in [0.717, 1.165) is 51.4 Å². The predicted octanol–water partition coefficient (Wildman–Crippen LogP) is 11.6. The summed E-state index contributed by atoms with van der Waals surface area (Å²) in [5, 5.41) is 0. The van der Waals surface area contributed by atoms with Gasteiger partial charge in [-0.3, -0.25) is 18.6 Å². The average molecular weight is 815 g/mol. The van der Waals surface area contributed by atoms with E-state index in [0.29, 0.717) is 12.8 Å². The molecule has 0 heterocycles. The summed E-state index contributed by atoms with van der Waals surface area (Å²) in [6.45, 7) is 2.74. The lowest BCUT2D eigenvalue weighted by Gasteiger charge is -2.27. The summed E-state index contributed by atoms with van der Waals surface area (Å²) in [5.41, 5.74) is 0. The number of rotatable bonds is 41. The molecule has 0 aromatic rings. The Labute approximate surface area is 328 Å². The molecular formula is C40H80O12P2. The van der Waals surface area contributed by atoms with Crippen molar-refractivity contribution in [2.75, 3.05) is 13.2 Å².